The Balaban J connectivity index is 2.25. The van der Waals surface area contributed by atoms with Crippen LogP contribution in [0.5, 0.6) is 0 Å². The number of aromatic nitrogens is 1. The second kappa shape index (κ2) is 5.63. The van der Waals surface area contributed by atoms with Gasteiger partial charge in [0.2, 0.25) is 0 Å². The van der Waals surface area contributed by atoms with Crippen molar-refractivity contribution < 1.29 is 0 Å². The molecule has 2 heterocycles. The molecular weight excluding hydrogens is 290 g/mol. The van der Waals surface area contributed by atoms with Crippen LogP contribution < -0.4 is 5.73 Å². The molecule has 0 unspecified atom stereocenters. The van der Waals surface area contributed by atoms with Crippen LogP contribution in [0.3, 0.4) is 0 Å². The van der Waals surface area contributed by atoms with Gasteiger partial charge in [-0.3, -0.25) is 0 Å². The lowest BCUT2D eigenvalue weighted by molar-refractivity contribution is 1.29. The zero-order chi connectivity index (χ0) is 15.7. The molecule has 3 rings (SSSR count). The molecule has 1 aromatic carbocycles. The molecule has 0 aliphatic carbocycles. The predicted octanol–water partition coefficient (Wildman–Crippen LogP) is 4.55. The van der Waals surface area contributed by atoms with Gasteiger partial charge in [0.05, 0.1) is 5.69 Å². The van der Waals surface area contributed by atoms with E-state index in [-0.39, 0.29) is 5.82 Å². The molecule has 0 atom stereocenters. The fraction of sp³-hybridized carbons (Fsp3) is 0.111. The second-order valence-electron chi connectivity index (χ2n) is 5.22. The van der Waals surface area contributed by atoms with Crippen molar-refractivity contribution in [3.63, 3.8) is 0 Å². The molecule has 4 heteroatoms. The van der Waals surface area contributed by atoms with Crippen LogP contribution in [0.15, 0.2) is 41.8 Å². The van der Waals surface area contributed by atoms with Gasteiger partial charge in [-0.15, -0.1) is 11.3 Å². The maximum atomic E-state index is 9.39. The number of nitrogen functional groups attached to an aromatic ring is 1. The Morgan fingerprint density at radius 3 is 2.59 bits per heavy atom. The van der Waals surface area contributed by atoms with Crippen molar-refractivity contribution in [1.82, 2.24) is 4.98 Å². The first-order valence-corrected chi connectivity index (χ1v) is 7.80. The van der Waals surface area contributed by atoms with E-state index >= 15 is 0 Å². The van der Waals surface area contributed by atoms with E-state index in [2.05, 4.69) is 43.1 Å². The molecule has 108 valence electrons. The van der Waals surface area contributed by atoms with E-state index in [0.717, 1.165) is 27.3 Å². The van der Waals surface area contributed by atoms with E-state index in [1.807, 2.05) is 23.6 Å². The fourth-order valence-electron chi connectivity index (χ4n) is 2.55. The molecule has 0 saturated carbocycles. The number of nitriles is 1. The summed E-state index contributed by atoms with van der Waals surface area (Å²) >= 11 is 1.59. The molecule has 3 aromatic rings. The highest BCUT2D eigenvalue weighted by atomic mass is 32.1. The second-order valence-corrected chi connectivity index (χ2v) is 6.17. The lowest BCUT2D eigenvalue weighted by atomic mass is 9.99. The van der Waals surface area contributed by atoms with Gasteiger partial charge in [-0.1, -0.05) is 29.8 Å². The van der Waals surface area contributed by atoms with E-state index in [1.54, 1.807) is 11.3 Å². The van der Waals surface area contributed by atoms with Crippen molar-refractivity contribution in [1.29, 1.82) is 5.26 Å². The quantitative estimate of drug-likeness (QED) is 0.755. The third kappa shape index (κ3) is 2.47. The first-order chi connectivity index (χ1) is 10.6. The Labute approximate surface area is 133 Å². The third-order valence-electron chi connectivity index (χ3n) is 3.60. The minimum atomic E-state index is 0.281. The largest absolute Gasteiger partial charge is 0.383 e. The standard InChI is InChI=1S/C18H15N3S/c1-11-5-6-13(12(2)8-11)16-9-14(17-4-3-7-22-17)15(10-19)18(20)21-16/h3-9H,1-2H3,(H2,20,21). The zero-order valence-electron chi connectivity index (χ0n) is 12.4. The normalized spacial score (nSPS) is 10.4. The number of nitrogens with zero attached hydrogens (tertiary/aromatic N) is 2. The first kappa shape index (κ1) is 14.3. The SMILES string of the molecule is Cc1ccc(-c2cc(-c3cccs3)c(C#N)c(N)n2)c(C)c1. The van der Waals surface area contributed by atoms with Crippen molar-refractivity contribution in [2.75, 3.05) is 5.73 Å². The van der Waals surface area contributed by atoms with Crippen LogP contribution >= 0.6 is 11.3 Å². The van der Waals surface area contributed by atoms with Crippen molar-refractivity contribution in [2.24, 2.45) is 0 Å². The number of rotatable bonds is 2. The van der Waals surface area contributed by atoms with Gasteiger partial charge in [-0.05, 0) is 36.9 Å². The summed E-state index contributed by atoms with van der Waals surface area (Å²) in [5.74, 6) is 0.281. The molecule has 3 nitrogen and oxygen atoms in total. The van der Waals surface area contributed by atoms with Gasteiger partial charge in [0.1, 0.15) is 17.5 Å². The molecular formula is C18H15N3S. The summed E-state index contributed by atoms with van der Waals surface area (Å²) in [5.41, 5.74) is 11.5. The molecule has 0 aliphatic heterocycles. The minimum Gasteiger partial charge on any atom is -0.383 e. The maximum Gasteiger partial charge on any atom is 0.142 e. The molecule has 0 spiro atoms. The van der Waals surface area contributed by atoms with Gasteiger partial charge in [0, 0.05) is 16.0 Å². The summed E-state index contributed by atoms with van der Waals surface area (Å²) in [7, 11) is 0. The zero-order valence-corrected chi connectivity index (χ0v) is 13.2. The highest BCUT2D eigenvalue weighted by Gasteiger charge is 2.14. The number of hydrogen-bond donors (Lipinski definition) is 1. The van der Waals surface area contributed by atoms with Gasteiger partial charge in [-0.2, -0.15) is 5.26 Å². The third-order valence-corrected chi connectivity index (χ3v) is 4.51. The lowest BCUT2D eigenvalue weighted by Gasteiger charge is -2.11. The lowest BCUT2D eigenvalue weighted by Crippen LogP contribution is -2.00. The average molecular weight is 305 g/mol. The first-order valence-electron chi connectivity index (χ1n) is 6.92. The van der Waals surface area contributed by atoms with Crippen molar-refractivity contribution in [2.45, 2.75) is 13.8 Å². The molecule has 0 saturated heterocycles. The van der Waals surface area contributed by atoms with Crippen LogP contribution in [0.4, 0.5) is 5.82 Å². The van der Waals surface area contributed by atoms with Crippen LogP contribution in [-0.2, 0) is 0 Å². The van der Waals surface area contributed by atoms with Crippen molar-refractivity contribution >= 4 is 17.2 Å². The Morgan fingerprint density at radius 1 is 1.14 bits per heavy atom. The van der Waals surface area contributed by atoms with Crippen LogP contribution in [0.25, 0.3) is 21.7 Å². The molecule has 0 radical (unpaired) electrons. The summed E-state index contributed by atoms with van der Waals surface area (Å²) in [6, 6.07) is 14.3. The average Bonchev–Trinajstić information content (AvgIpc) is 3.00. The van der Waals surface area contributed by atoms with Gasteiger partial charge in [-0.25, -0.2) is 4.98 Å². The Hall–Kier alpha value is -2.64. The number of anilines is 1. The van der Waals surface area contributed by atoms with Crippen molar-refractivity contribution in [3.8, 4) is 27.8 Å². The van der Waals surface area contributed by atoms with E-state index in [0.29, 0.717) is 5.56 Å². The number of pyridine rings is 1. The number of benzene rings is 1. The van der Waals surface area contributed by atoms with Crippen LogP contribution in [-0.4, -0.2) is 4.98 Å². The summed E-state index contributed by atoms with van der Waals surface area (Å²) in [6.45, 7) is 4.12. The van der Waals surface area contributed by atoms with Crippen LogP contribution in [0, 0.1) is 25.2 Å². The van der Waals surface area contributed by atoms with E-state index in [1.165, 1.54) is 5.56 Å². The Kier molecular flexibility index (Phi) is 3.66. The summed E-state index contributed by atoms with van der Waals surface area (Å²) in [5, 5.41) is 11.4. The predicted molar refractivity (Wildman–Crippen MR) is 91.6 cm³/mol. The smallest absolute Gasteiger partial charge is 0.142 e. The summed E-state index contributed by atoms with van der Waals surface area (Å²) < 4.78 is 0. The Bertz CT molecular complexity index is 874. The van der Waals surface area contributed by atoms with Crippen LogP contribution in [0.1, 0.15) is 16.7 Å². The molecule has 2 N–H and O–H groups in total. The van der Waals surface area contributed by atoms with Gasteiger partial charge in [0.15, 0.2) is 0 Å². The summed E-state index contributed by atoms with van der Waals surface area (Å²) in [4.78, 5) is 5.46. The molecule has 0 amide bonds. The van der Waals surface area contributed by atoms with Gasteiger partial charge in [0.25, 0.3) is 0 Å². The van der Waals surface area contributed by atoms with E-state index in [9.17, 15) is 5.26 Å². The molecule has 0 aliphatic rings. The number of thiophene rings is 1. The van der Waals surface area contributed by atoms with E-state index in [4.69, 9.17) is 5.73 Å². The number of aryl methyl sites for hydroxylation is 2. The highest BCUT2D eigenvalue weighted by molar-refractivity contribution is 7.13. The highest BCUT2D eigenvalue weighted by Crippen LogP contribution is 2.34. The topological polar surface area (TPSA) is 62.7 Å². The van der Waals surface area contributed by atoms with Gasteiger partial charge >= 0.3 is 0 Å². The Morgan fingerprint density at radius 2 is 1.95 bits per heavy atom. The number of hydrogen-bond acceptors (Lipinski definition) is 4. The van der Waals surface area contributed by atoms with Crippen LogP contribution in [0.2, 0.25) is 0 Å². The summed E-state index contributed by atoms with van der Waals surface area (Å²) in [6.07, 6.45) is 0. The van der Waals surface area contributed by atoms with Crippen molar-refractivity contribution in [3.05, 3.63) is 58.5 Å². The fourth-order valence-corrected chi connectivity index (χ4v) is 3.30. The van der Waals surface area contributed by atoms with Gasteiger partial charge < -0.3 is 5.73 Å². The molecule has 2 aromatic heterocycles. The monoisotopic (exact) mass is 305 g/mol. The molecule has 0 bridgehead atoms. The molecule has 0 fully saturated rings. The molecule has 22 heavy (non-hydrogen) atoms. The number of nitrogens with two attached hydrogens (primary N) is 1. The van der Waals surface area contributed by atoms with E-state index < -0.39 is 0 Å². The maximum absolute atomic E-state index is 9.39. The minimum absolute atomic E-state index is 0.281.